The number of nitrogens with zero attached hydrogens (tertiary/aromatic N) is 1. The summed E-state index contributed by atoms with van der Waals surface area (Å²) in [6.07, 6.45) is 7.85. The summed E-state index contributed by atoms with van der Waals surface area (Å²) < 4.78 is 0. The number of aryl methyl sites for hydroxylation is 1. The second kappa shape index (κ2) is 4.41. The molecule has 0 aliphatic heterocycles. The average Bonchev–Trinajstić information content (AvgIpc) is 3.07. The molecule has 3 atom stereocenters. The Kier molecular flexibility index (Phi) is 2.91. The summed E-state index contributed by atoms with van der Waals surface area (Å²) >= 11 is 0. The van der Waals surface area contributed by atoms with Crippen LogP contribution in [0.1, 0.15) is 43.0 Å². The highest BCUT2D eigenvalue weighted by molar-refractivity contribution is 5.22. The molecule has 0 aromatic carbocycles. The maximum Gasteiger partial charge on any atom is 0.0372 e. The minimum absolute atomic E-state index is 0.524. The molecule has 0 spiro atoms. The highest BCUT2D eigenvalue weighted by atomic mass is 14.9. The van der Waals surface area contributed by atoms with Crippen LogP contribution in [0.5, 0.6) is 0 Å². The van der Waals surface area contributed by atoms with E-state index in [0.29, 0.717) is 6.04 Å². The molecule has 3 unspecified atom stereocenters. The normalized spacial score (nSPS) is 32.9. The minimum Gasteiger partial charge on any atom is -0.313 e. The van der Waals surface area contributed by atoms with Crippen molar-refractivity contribution in [3.05, 3.63) is 29.6 Å². The van der Waals surface area contributed by atoms with Crippen molar-refractivity contribution in [1.29, 1.82) is 0 Å². The standard InChI is InChI=1S/C15H22N2/c1-10-7-8-11(9-17-10)15(16-2)14-12-5-3-4-6-13(12)14/h7-9,12-16H,3-6H2,1-2H3. The van der Waals surface area contributed by atoms with Gasteiger partial charge in [0.2, 0.25) is 0 Å². The summed E-state index contributed by atoms with van der Waals surface area (Å²) in [5.74, 6) is 2.84. The molecule has 2 aliphatic carbocycles. The van der Waals surface area contributed by atoms with Crippen LogP contribution in [0.4, 0.5) is 0 Å². The molecule has 1 heterocycles. The van der Waals surface area contributed by atoms with Gasteiger partial charge in [-0.05, 0) is 56.2 Å². The fourth-order valence-corrected chi connectivity index (χ4v) is 3.79. The molecule has 2 heteroatoms. The van der Waals surface area contributed by atoms with Gasteiger partial charge in [-0.2, -0.15) is 0 Å². The van der Waals surface area contributed by atoms with Crippen LogP contribution in [0.2, 0.25) is 0 Å². The van der Waals surface area contributed by atoms with Gasteiger partial charge in [-0.3, -0.25) is 4.98 Å². The Labute approximate surface area is 104 Å². The molecule has 0 bridgehead atoms. The van der Waals surface area contributed by atoms with Crippen molar-refractivity contribution in [3.63, 3.8) is 0 Å². The lowest BCUT2D eigenvalue weighted by atomic mass is 10.0. The van der Waals surface area contributed by atoms with Crippen LogP contribution in [-0.4, -0.2) is 12.0 Å². The van der Waals surface area contributed by atoms with Crippen molar-refractivity contribution in [2.45, 2.75) is 38.6 Å². The molecule has 1 N–H and O–H groups in total. The van der Waals surface area contributed by atoms with E-state index in [2.05, 4.69) is 42.6 Å². The van der Waals surface area contributed by atoms with Crippen molar-refractivity contribution in [1.82, 2.24) is 10.3 Å². The molecule has 92 valence electrons. The molecule has 1 aromatic rings. The summed E-state index contributed by atoms with van der Waals surface area (Å²) in [4.78, 5) is 4.44. The number of hydrogen-bond acceptors (Lipinski definition) is 2. The Morgan fingerprint density at radius 1 is 1.24 bits per heavy atom. The van der Waals surface area contributed by atoms with Crippen LogP contribution >= 0.6 is 0 Å². The van der Waals surface area contributed by atoms with Gasteiger partial charge in [-0.1, -0.05) is 18.9 Å². The zero-order valence-electron chi connectivity index (χ0n) is 10.8. The minimum atomic E-state index is 0.524. The summed E-state index contributed by atoms with van der Waals surface area (Å²) in [5, 5.41) is 3.52. The monoisotopic (exact) mass is 230 g/mol. The highest BCUT2D eigenvalue weighted by Crippen LogP contribution is 2.60. The smallest absolute Gasteiger partial charge is 0.0372 e. The Hall–Kier alpha value is -0.890. The molecular formula is C15H22N2. The largest absolute Gasteiger partial charge is 0.313 e. The zero-order valence-corrected chi connectivity index (χ0v) is 10.8. The SMILES string of the molecule is CNC(c1ccc(C)nc1)C1C2CCCCC21. The van der Waals surface area contributed by atoms with E-state index in [1.165, 1.54) is 31.2 Å². The van der Waals surface area contributed by atoms with Crippen molar-refractivity contribution in [2.75, 3.05) is 7.05 Å². The van der Waals surface area contributed by atoms with Crippen LogP contribution in [0.15, 0.2) is 18.3 Å². The van der Waals surface area contributed by atoms with E-state index in [1.807, 2.05) is 0 Å². The quantitative estimate of drug-likeness (QED) is 0.863. The maximum absolute atomic E-state index is 4.44. The second-order valence-corrected chi connectivity index (χ2v) is 5.69. The summed E-state index contributed by atoms with van der Waals surface area (Å²) in [6.45, 7) is 2.05. The number of pyridine rings is 1. The topological polar surface area (TPSA) is 24.9 Å². The zero-order chi connectivity index (χ0) is 11.8. The van der Waals surface area contributed by atoms with Gasteiger partial charge < -0.3 is 5.32 Å². The third-order valence-corrected chi connectivity index (χ3v) is 4.71. The van der Waals surface area contributed by atoms with E-state index in [9.17, 15) is 0 Å². The third-order valence-electron chi connectivity index (χ3n) is 4.71. The van der Waals surface area contributed by atoms with Gasteiger partial charge in [0.1, 0.15) is 0 Å². The van der Waals surface area contributed by atoms with Gasteiger partial charge in [0.05, 0.1) is 0 Å². The van der Waals surface area contributed by atoms with Crippen LogP contribution < -0.4 is 5.32 Å². The van der Waals surface area contributed by atoms with Gasteiger partial charge in [-0.15, -0.1) is 0 Å². The van der Waals surface area contributed by atoms with E-state index >= 15 is 0 Å². The number of aromatic nitrogens is 1. The van der Waals surface area contributed by atoms with Crippen molar-refractivity contribution < 1.29 is 0 Å². The molecule has 2 aliphatic rings. The van der Waals surface area contributed by atoms with Crippen molar-refractivity contribution in [2.24, 2.45) is 17.8 Å². The van der Waals surface area contributed by atoms with Gasteiger partial charge in [0.25, 0.3) is 0 Å². The Morgan fingerprint density at radius 3 is 2.47 bits per heavy atom. The van der Waals surface area contributed by atoms with Crippen LogP contribution in [-0.2, 0) is 0 Å². The molecular weight excluding hydrogens is 208 g/mol. The number of rotatable bonds is 3. The molecule has 2 nitrogen and oxygen atoms in total. The lowest BCUT2D eigenvalue weighted by Gasteiger charge is -2.16. The first kappa shape index (κ1) is 11.2. The van der Waals surface area contributed by atoms with E-state index in [4.69, 9.17) is 0 Å². The maximum atomic E-state index is 4.44. The molecule has 0 radical (unpaired) electrons. The van der Waals surface area contributed by atoms with E-state index in [1.54, 1.807) is 0 Å². The van der Waals surface area contributed by atoms with E-state index < -0.39 is 0 Å². The van der Waals surface area contributed by atoms with Crippen LogP contribution in [0, 0.1) is 24.7 Å². The second-order valence-electron chi connectivity index (χ2n) is 5.69. The Balaban J connectivity index is 1.78. The fraction of sp³-hybridized carbons (Fsp3) is 0.667. The van der Waals surface area contributed by atoms with Crippen molar-refractivity contribution >= 4 is 0 Å². The lowest BCUT2D eigenvalue weighted by Crippen LogP contribution is -2.20. The predicted molar refractivity (Wildman–Crippen MR) is 69.7 cm³/mol. The van der Waals surface area contributed by atoms with Crippen molar-refractivity contribution in [3.8, 4) is 0 Å². The van der Waals surface area contributed by atoms with Gasteiger partial charge >= 0.3 is 0 Å². The molecule has 2 fully saturated rings. The summed E-state index contributed by atoms with van der Waals surface area (Å²) in [5.41, 5.74) is 2.48. The van der Waals surface area contributed by atoms with E-state index in [0.717, 1.165) is 23.4 Å². The first-order chi connectivity index (χ1) is 8.31. The summed E-state index contributed by atoms with van der Waals surface area (Å²) in [6, 6.07) is 4.90. The lowest BCUT2D eigenvalue weighted by molar-refractivity contribution is 0.480. The number of fused-ring (bicyclic) bond motifs is 1. The Morgan fingerprint density at radius 2 is 1.94 bits per heavy atom. The fourth-order valence-electron chi connectivity index (χ4n) is 3.79. The predicted octanol–water partition coefficient (Wildman–Crippen LogP) is 3.09. The first-order valence-electron chi connectivity index (χ1n) is 6.91. The van der Waals surface area contributed by atoms with Crippen LogP contribution in [0.25, 0.3) is 0 Å². The molecule has 1 aromatic heterocycles. The number of hydrogen-bond donors (Lipinski definition) is 1. The van der Waals surface area contributed by atoms with Gasteiger partial charge in [0, 0.05) is 17.9 Å². The molecule has 0 amide bonds. The molecule has 17 heavy (non-hydrogen) atoms. The average molecular weight is 230 g/mol. The first-order valence-corrected chi connectivity index (χ1v) is 6.91. The van der Waals surface area contributed by atoms with Gasteiger partial charge in [-0.25, -0.2) is 0 Å². The number of nitrogens with one attached hydrogen (secondary N) is 1. The molecule has 2 saturated carbocycles. The molecule has 3 rings (SSSR count). The Bertz CT molecular complexity index is 372. The highest BCUT2D eigenvalue weighted by Gasteiger charge is 2.54. The molecule has 0 saturated heterocycles. The van der Waals surface area contributed by atoms with Gasteiger partial charge in [0.15, 0.2) is 0 Å². The third kappa shape index (κ3) is 1.99. The van der Waals surface area contributed by atoms with E-state index in [-0.39, 0.29) is 0 Å². The van der Waals surface area contributed by atoms with Crippen LogP contribution in [0.3, 0.4) is 0 Å². The summed E-state index contributed by atoms with van der Waals surface area (Å²) in [7, 11) is 2.09.